The van der Waals surface area contributed by atoms with Crippen LogP contribution in [0.15, 0.2) is 53.6 Å². The van der Waals surface area contributed by atoms with Crippen molar-refractivity contribution < 1.29 is 26.4 Å². The van der Waals surface area contributed by atoms with E-state index in [0.29, 0.717) is 43.2 Å². The molecule has 226 valence electrons. The first kappa shape index (κ1) is 31.0. The van der Waals surface area contributed by atoms with Gasteiger partial charge >= 0.3 is 6.18 Å². The number of benzene rings is 2. The number of aryl methyl sites for hydroxylation is 1. The lowest BCUT2D eigenvalue weighted by atomic mass is 10.1. The number of aromatic nitrogens is 2. The highest BCUT2D eigenvalue weighted by molar-refractivity contribution is 7.89. The maximum absolute atomic E-state index is 14.1. The summed E-state index contributed by atoms with van der Waals surface area (Å²) < 4.78 is 70.4. The highest BCUT2D eigenvalue weighted by atomic mass is 32.2. The van der Waals surface area contributed by atoms with Gasteiger partial charge in [0.15, 0.2) is 0 Å². The fraction of sp³-hybridized carbons (Fsp3) is 0.393. The lowest BCUT2D eigenvalue weighted by molar-refractivity contribution is -0.137. The molecule has 1 aliphatic rings. The number of piperazine rings is 1. The van der Waals surface area contributed by atoms with Gasteiger partial charge in [0.05, 0.1) is 10.5 Å². The monoisotopic (exact) mass is 605 g/mol. The summed E-state index contributed by atoms with van der Waals surface area (Å²) in [5.41, 5.74) is -0.202. The molecule has 42 heavy (non-hydrogen) atoms. The van der Waals surface area contributed by atoms with Gasteiger partial charge in [-0.3, -0.25) is 4.79 Å². The molecule has 1 saturated heterocycles. The molecule has 0 unspecified atom stereocenters. The molecule has 2 aromatic carbocycles. The Kier molecular flexibility index (Phi) is 8.69. The fourth-order valence-corrected chi connectivity index (χ4v) is 5.94. The minimum Gasteiger partial charge on any atom is -0.367 e. The Morgan fingerprint density at radius 3 is 2.24 bits per heavy atom. The van der Waals surface area contributed by atoms with Crippen LogP contribution in [0.3, 0.4) is 0 Å². The van der Waals surface area contributed by atoms with Crippen molar-refractivity contribution in [2.24, 2.45) is 0 Å². The van der Waals surface area contributed by atoms with Crippen molar-refractivity contribution in [1.82, 2.24) is 19.6 Å². The minimum absolute atomic E-state index is 0.0409. The summed E-state index contributed by atoms with van der Waals surface area (Å²) in [6.07, 6.45) is -3.11. The minimum atomic E-state index is -4.61. The van der Waals surface area contributed by atoms with Crippen LogP contribution in [0.2, 0.25) is 0 Å². The van der Waals surface area contributed by atoms with E-state index >= 15 is 0 Å². The standard InChI is InChI=1S/C28H34F3N7O3S/c1-18-17-32-26(35-25(18)33-20-7-6-8-22(15-20)42(40,41)36-27(3,4)5)34-21-9-10-24(23(16-21)28(29,30)31)38-13-11-37(12-14-38)19(2)39/h6-10,15-17,36H,11-14H2,1-5H3,(H2,32,33,34,35). The van der Waals surface area contributed by atoms with Crippen LogP contribution >= 0.6 is 0 Å². The van der Waals surface area contributed by atoms with Crippen LogP contribution in [0.4, 0.5) is 42.0 Å². The highest BCUT2D eigenvalue weighted by Gasteiger charge is 2.36. The molecule has 0 saturated carbocycles. The number of hydrogen-bond acceptors (Lipinski definition) is 8. The van der Waals surface area contributed by atoms with Gasteiger partial charge in [0.25, 0.3) is 0 Å². The summed E-state index contributed by atoms with van der Waals surface area (Å²) in [4.78, 5) is 23.5. The molecule has 0 atom stereocenters. The molecule has 3 aromatic rings. The van der Waals surface area contributed by atoms with E-state index in [0.717, 1.165) is 6.07 Å². The molecule has 4 rings (SSSR count). The molecular formula is C28H34F3N7O3S. The van der Waals surface area contributed by atoms with E-state index in [9.17, 15) is 26.4 Å². The van der Waals surface area contributed by atoms with E-state index in [1.54, 1.807) is 49.6 Å². The molecular weight excluding hydrogens is 571 g/mol. The molecule has 1 aromatic heterocycles. The van der Waals surface area contributed by atoms with Gasteiger partial charge < -0.3 is 20.4 Å². The van der Waals surface area contributed by atoms with E-state index in [-0.39, 0.29) is 28.1 Å². The SMILES string of the molecule is CC(=O)N1CCN(c2ccc(Nc3ncc(C)c(Nc4cccc(S(=O)(=O)NC(C)(C)C)c4)n3)cc2C(F)(F)F)CC1. The third kappa shape index (κ3) is 7.68. The number of nitrogens with zero attached hydrogens (tertiary/aromatic N) is 4. The predicted molar refractivity (Wildman–Crippen MR) is 156 cm³/mol. The van der Waals surface area contributed by atoms with Crippen LogP contribution in [-0.2, 0) is 21.0 Å². The zero-order valence-electron chi connectivity index (χ0n) is 24.0. The molecule has 14 heteroatoms. The molecule has 0 bridgehead atoms. The predicted octanol–water partition coefficient (Wildman–Crippen LogP) is 5.04. The number of anilines is 5. The fourth-order valence-electron chi connectivity index (χ4n) is 4.48. The lowest BCUT2D eigenvalue weighted by Gasteiger charge is -2.36. The Morgan fingerprint density at radius 2 is 1.62 bits per heavy atom. The maximum atomic E-state index is 14.1. The average molecular weight is 606 g/mol. The quantitative estimate of drug-likeness (QED) is 0.343. The number of carbonyl (C=O) groups is 1. The van der Waals surface area contributed by atoms with Gasteiger partial charge in [0, 0.05) is 67.5 Å². The van der Waals surface area contributed by atoms with Gasteiger partial charge in [-0.2, -0.15) is 18.2 Å². The van der Waals surface area contributed by atoms with Gasteiger partial charge in [-0.15, -0.1) is 0 Å². The van der Waals surface area contributed by atoms with Crippen LogP contribution in [0.25, 0.3) is 0 Å². The van der Waals surface area contributed by atoms with Crippen molar-refractivity contribution in [3.8, 4) is 0 Å². The smallest absolute Gasteiger partial charge is 0.367 e. The Balaban J connectivity index is 1.55. The number of nitrogens with one attached hydrogen (secondary N) is 3. The van der Waals surface area contributed by atoms with E-state index in [2.05, 4.69) is 25.3 Å². The summed E-state index contributed by atoms with van der Waals surface area (Å²) in [5, 5.41) is 5.92. The van der Waals surface area contributed by atoms with Crippen molar-refractivity contribution in [3.05, 3.63) is 59.8 Å². The summed E-state index contributed by atoms with van der Waals surface area (Å²) in [7, 11) is -3.77. The van der Waals surface area contributed by atoms with Crippen LogP contribution in [0.5, 0.6) is 0 Å². The molecule has 1 aliphatic heterocycles. The van der Waals surface area contributed by atoms with Crippen LogP contribution < -0.4 is 20.3 Å². The molecule has 0 radical (unpaired) electrons. The van der Waals surface area contributed by atoms with Crippen LogP contribution in [0.1, 0.15) is 38.8 Å². The second kappa shape index (κ2) is 11.8. The molecule has 0 spiro atoms. The van der Waals surface area contributed by atoms with Gasteiger partial charge in [-0.05, 0) is 64.1 Å². The van der Waals surface area contributed by atoms with Crippen molar-refractivity contribution in [3.63, 3.8) is 0 Å². The molecule has 1 fully saturated rings. The number of halogens is 3. The first-order chi connectivity index (χ1) is 19.5. The van der Waals surface area contributed by atoms with Crippen LogP contribution in [0, 0.1) is 6.92 Å². The lowest BCUT2D eigenvalue weighted by Crippen LogP contribution is -2.48. The number of rotatable bonds is 7. The normalized spacial score (nSPS) is 14.6. The first-order valence-electron chi connectivity index (χ1n) is 13.3. The van der Waals surface area contributed by atoms with Crippen molar-refractivity contribution in [1.29, 1.82) is 0 Å². The number of carbonyl (C=O) groups excluding carboxylic acids is 1. The average Bonchev–Trinajstić information content (AvgIpc) is 2.89. The zero-order chi connectivity index (χ0) is 30.9. The molecule has 10 nitrogen and oxygen atoms in total. The number of alkyl halides is 3. The Bertz CT molecular complexity index is 1570. The first-order valence-corrected chi connectivity index (χ1v) is 14.7. The van der Waals surface area contributed by atoms with E-state index in [1.165, 1.54) is 37.4 Å². The topological polar surface area (TPSA) is 120 Å². The third-order valence-corrected chi connectivity index (χ3v) is 8.20. The summed E-state index contributed by atoms with van der Waals surface area (Å²) in [6, 6.07) is 10.1. The van der Waals surface area contributed by atoms with Gasteiger partial charge in [0.2, 0.25) is 21.9 Å². The Morgan fingerprint density at radius 1 is 0.952 bits per heavy atom. The van der Waals surface area contributed by atoms with E-state index < -0.39 is 27.3 Å². The van der Waals surface area contributed by atoms with Gasteiger partial charge in [-0.25, -0.2) is 18.1 Å². The van der Waals surface area contributed by atoms with Gasteiger partial charge in [-0.1, -0.05) is 6.07 Å². The summed E-state index contributed by atoms with van der Waals surface area (Å²) in [5.74, 6) is 0.298. The number of sulfonamides is 1. The Labute approximate surface area is 243 Å². The highest BCUT2D eigenvalue weighted by Crippen LogP contribution is 2.39. The second-order valence-electron chi connectivity index (χ2n) is 11.1. The molecule has 1 amide bonds. The number of amides is 1. The molecule has 3 N–H and O–H groups in total. The summed E-state index contributed by atoms with van der Waals surface area (Å²) in [6.45, 7) is 9.70. The van der Waals surface area contributed by atoms with Crippen LogP contribution in [-0.4, -0.2) is 60.9 Å². The third-order valence-electron chi connectivity index (χ3n) is 6.44. The Hall–Kier alpha value is -3.91. The largest absolute Gasteiger partial charge is 0.418 e. The second-order valence-corrected chi connectivity index (χ2v) is 12.8. The van der Waals surface area contributed by atoms with E-state index in [1.807, 2.05) is 0 Å². The number of hydrogen-bond donors (Lipinski definition) is 3. The molecule has 0 aliphatic carbocycles. The van der Waals surface area contributed by atoms with E-state index in [4.69, 9.17) is 0 Å². The van der Waals surface area contributed by atoms with Crippen molar-refractivity contribution in [2.45, 2.75) is 51.2 Å². The summed E-state index contributed by atoms with van der Waals surface area (Å²) >= 11 is 0. The zero-order valence-corrected chi connectivity index (χ0v) is 24.8. The van der Waals surface area contributed by atoms with Gasteiger partial charge in [0.1, 0.15) is 5.82 Å². The molecule has 2 heterocycles. The van der Waals surface area contributed by atoms with Crippen molar-refractivity contribution >= 4 is 44.8 Å². The van der Waals surface area contributed by atoms with Crippen molar-refractivity contribution in [2.75, 3.05) is 41.7 Å². The maximum Gasteiger partial charge on any atom is 0.418 e.